The van der Waals surface area contributed by atoms with Crippen LogP contribution in [0.1, 0.15) is 30.6 Å². The van der Waals surface area contributed by atoms with Crippen LogP contribution in [0.4, 0.5) is 5.69 Å². The lowest BCUT2D eigenvalue weighted by Gasteiger charge is -2.09. The van der Waals surface area contributed by atoms with E-state index < -0.39 is 5.76 Å². The van der Waals surface area contributed by atoms with Crippen molar-refractivity contribution in [2.45, 2.75) is 20.3 Å². The standard InChI is InChI=1S/C20H21N3O4/c1-13(2)10-11-26-17-8-6-14(7-9-17)19(24)21-16-5-3-4-15(12-16)18-22-20(25)27-23-18/h3-9,12-13H,10-11H2,1-2H3,(H,21,24)(H,22,23,25). The third-order valence-corrected chi connectivity index (χ3v) is 3.91. The molecule has 27 heavy (non-hydrogen) atoms. The smallest absolute Gasteiger partial charge is 0.439 e. The molecule has 2 aromatic carbocycles. The van der Waals surface area contributed by atoms with E-state index in [4.69, 9.17) is 4.74 Å². The molecule has 0 radical (unpaired) electrons. The number of anilines is 1. The monoisotopic (exact) mass is 367 g/mol. The third-order valence-electron chi connectivity index (χ3n) is 3.91. The van der Waals surface area contributed by atoms with Gasteiger partial charge in [-0.05, 0) is 48.7 Å². The Kier molecular flexibility index (Phi) is 5.71. The highest BCUT2D eigenvalue weighted by atomic mass is 16.5. The molecule has 7 heteroatoms. The van der Waals surface area contributed by atoms with E-state index in [0.717, 1.165) is 12.2 Å². The summed E-state index contributed by atoms with van der Waals surface area (Å²) in [7, 11) is 0. The van der Waals surface area contributed by atoms with Gasteiger partial charge in [-0.3, -0.25) is 14.3 Å². The summed E-state index contributed by atoms with van der Waals surface area (Å²) >= 11 is 0. The predicted molar refractivity (Wildman–Crippen MR) is 102 cm³/mol. The van der Waals surface area contributed by atoms with Crippen LogP contribution in [-0.4, -0.2) is 22.7 Å². The summed E-state index contributed by atoms with van der Waals surface area (Å²) < 4.78 is 10.2. The first-order chi connectivity index (χ1) is 13.0. The lowest BCUT2D eigenvalue weighted by Crippen LogP contribution is -2.12. The molecular weight excluding hydrogens is 346 g/mol. The number of carbonyl (C=O) groups is 1. The van der Waals surface area contributed by atoms with E-state index in [2.05, 4.69) is 33.8 Å². The lowest BCUT2D eigenvalue weighted by atomic mass is 10.1. The Bertz CT molecular complexity index is 958. The fourth-order valence-electron chi connectivity index (χ4n) is 2.42. The van der Waals surface area contributed by atoms with Gasteiger partial charge >= 0.3 is 5.76 Å². The Morgan fingerprint density at radius 2 is 2.00 bits per heavy atom. The van der Waals surface area contributed by atoms with E-state index in [1.54, 1.807) is 48.5 Å². The van der Waals surface area contributed by atoms with Crippen molar-refractivity contribution in [2.75, 3.05) is 11.9 Å². The van der Waals surface area contributed by atoms with Crippen molar-refractivity contribution >= 4 is 11.6 Å². The summed E-state index contributed by atoms with van der Waals surface area (Å²) in [6, 6.07) is 14.0. The second kappa shape index (κ2) is 8.35. The average Bonchev–Trinajstić information content (AvgIpc) is 3.09. The van der Waals surface area contributed by atoms with E-state index in [1.807, 2.05) is 0 Å². The van der Waals surface area contributed by atoms with Gasteiger partial charge in [-0.2, -0.15) is 0 Å². The fourth-order valence-corrected chi connectivity index (χ4v) is 2.42. The maximum Gasteiger partial charge on any atom is 0.439 e. The largest absolute Gasteiger partial charge is 0.494 e. The first-order valence-electron chi connectivity index (χ1n) is 8.72. The molecule has 0 aliphatic carbocycles. The van der Waals surface area contributed by atoms with Crippen molar-refractivity contribution in [3.05, 3.63) is 64.6 Å². The molecule has 3 rings (SSSR count). The number of nitrogens with one attached hydrogen (secondary N) is 2. The summed E-state index contributed by atoms with van der Waals surface area (Å²) in [4.78, 5) is 26.0. The van der Waals surface area contributed by atoms with E-state index in [1.165, 1.54) is 0 Å². The maximum absolute atomic E-state index is 12.4. The third kappa shape index (κ3) is 5.07. The van der Waals surface area contributed by atoms with Crippen molar-refractivity contribution in [1.29, 1.82) is 0 Å². The van der Waals surface area contributed by atoms with Gasteiger partial charge in [0.05, 0.1) is 6.61 Å². The van der Waals surface area contributed by atoms with E-state index in [9.17, 15) is 9.59 Å². The van der Waals surface area contributed by atoms with Gasteiger partial charge in [-0.15, -0.1) is 0 Å². The average molecular weight is 367 g/mol. The fraction of sp³-hybridized carbons (Fsp3) is 0.250. The minimum absolute atomic E-state index is 0.241. The van der Waals surface area contributed by atoms with Crippen molar-refractivity contribution in [2.24, 2.45) is 5.92 Å². The molecule has 140 valence electrons. The minimum atomic E-state index is -0.629. The Labute approximate surface area is 156 Å². The topological polar surface area (TPSA) is 97.2 Å². The van der Waals surface area contributed by atoms with Gasteiger partial charge in [0.15, 0.2) is 5.82 Å². The molecule has 0 bridgehead atoms. The Morgan fingerprint density at radius 1 is 1.22 bits per heavy atom. The lowest BCUT2D eigenvalue weighted by molar-refractivity contribution is 0.102. The number of carbonyl (C=O) groups excluding carboxylic acids is 1. The number of aromatic amines is 1. The number of benzene rings is 2. The SMILES string of the molecule is CC(C)CCOc1ccc(C(=O)Nc2cccc(-c3noc(=O)[nH]3)c2)cc1. The number of rotatable bonds is 7. The van der Waals surface area contributed by atoms with Gasteiger partial charge in [-0.1, -0.05) is 31.1 Å². The number of aromatic nitrogens is 2. The number of H-pyrrole nitrogens is 1. The van der Waals surface area contributed by atoms with Crippen molar-refractivity contribution in [3.8, 4) is 17.1 Å². The molecule has 0 aliphatic heterocycles. The number of hydrogen-bond donors (Lipinski definition) is 2. The summed E-state index contributed by atoms with van der Waals surface area (Å²) in [5.41, 5.74) is 1.73. The Morgan fingerprint density at radius 3 is 2.67 bits per heavy atom. The highest BCUT2D eigenvalue weighted by Crippen LogP contribution is 2.20. The highest BCUT2D eigenvalue weighted by Gasteiger charge is 2.09. The molecule has 0 atom stereocenters. The highest BCUT2D eigenvalue weighted by molar-refractivity contribution is 6.04. The molecule has 1 heterocycles. The number of amides is 1. The molecular formula is C20H21N3O4. The van der Waals surface area contributed by atoms with Crippen LogP contribution in [0.2, 0.25) is 0 Å². The van der Waals surface area contributed by atoms with Gasteiger partial charge in [0.1, 0.15) is 5.75 Å². The molecule has 0 unspecified atom stereocenters. The first-order valence-corrected chi connectivity index (χ1v) is 8.72. The van der Waals surface area contributed by atoms with Gasteiger partial charge in [-0.25, -0.2) is 4.79 Å². The van der Waals surface area contributed by atoms with Crippen LogP contribution in [0.3, 0.4) is 0 Å². The maximum atomic E-state index is 12.4. The van der Waals surface area contributed by atoms with Crippen molar-refractivity contribution in [3.63, 3.8) is 0 Å². The Balaban J connectivity index is 1.64. The summed E-state index contributed by atoms with van der Waals surface area (Å²) in [5.74, 6) is 0.758. The van der Waals surface area contributed by atoms with Crippen LogP contribution in [0, 0.1) is 5.92 Å². The Hall–Kier alpha value is -3.35. The minimum Gasteiger partial charge on any atom is -0.494 e. The van der Waals surface area contributed by atoms with Crippen molar-refractivity contribution in [1.82, 2.24) is 10.1 Å². The molecule has 2 N–H and O–H groups in total. The summed E-state index contributed by atoms with van der Waals surface area (Å²) in [6.45, 7) is 4.94. The second-order valence-corrected chi connectivity index (χ2v) is 6.53. The van der Waals surface area contributed by atoms with Crippen LogP contribution < -0.4 is 15.8 Å². The van der Waals surface area contributed by atoms with Crippen LogP contribution in [-0.2, 0) is 0 Å². The van der Waals surface area contributed by atoms with E-state index in [0.29, 0.717) is 35.2 Å². The van der Waals surface area contributed by atoms with E-state index >= 15 is 0 Å². The van der Waals surface area contributed by atoms with Gasteiger partial charge in [0, 0.05) is 16.8 Å². The second-order valence-electron chi connectivity index (χ2n) is 6.53. The van der Waals surface area contributed by atoms with Crippen LogP contribution in [0.25, 0.3) is 11.4 Å². The van der Waals surface area contributed by atoms with Gasteiger partial charge in [0.2, 0.25) is 0 Å². The number of ether oxygens (including phenoxy) is 1. The first kappa shape index (κ1) is 18.4. The molecule has 0 saturated heterocycles. The number of hydrogen-bond acceptors (Lipinski definition) is 5. The molecule has 1 aromatic heterocycles. The zero-order chi connectivity index (χ0) is 19.2. The molecule has 0 aliphatic rings. The predicted octanol–water partition coefficient (Wildman–Crippen LogP) is 3.71. The zero-order valence-corrected chi connectivity index (χ0v) is 15.2. The summed E-state index contributed by atoms with van der Waals surface area (Å²) in [5, 5.41) is 6.46. The van der Waals surface area contributed by atoms with Crippen LogP contribution in [0.15, 0.2) is 57.8 Å². The van der Waals surface area contributed by atoms with Crippen LogP contribution in [0.5, 0.6) is 5.75 Å². The normalized spacial score (nSPS) is 10.8. The van der Waals surface area contributed by atoms with Crippen molar-refractivity contribution < 1.29 is 14.1 Å². The number of nitrogens with zero attached hydrogens (tertiary/aromatic N) is 1. The molecule has 0 fully saturated rings. The zero-order valence-electron chi connectivity index (χ0n) is 15.2. The van der Waals surface area contributed by atoms with Crippen LogP contribution >= 0.6 is 0 Å². The van der Waals surface area contributed by atoms with Gasteiger partial charge in [0.25, 0.3) is 5.91 Å². The molecule has 0 spiro atoms. The molecule has 1 amide bonds. The molecule has 7 nitrogen and oxygen atoms in total. The molecule has 0 saturated carbocycles. The molecule has 3 aromatic rings. The quantitative estimate of drug-likeness (QED) is 0.663. The van der Waals surface area contributed by atoms with E-state index in [-0.39, 0.29) is 5.91 Å². The van der Waals surface area contributed by atoms with Gasteiger partial charge < -0.3 is 10.1 Å². The summed E-state index contributed by atoms with van der Waals surface area (Å²) in [6.07, 6.45) is 0.982.